The van der Waals surface area contributed by atoms with Gasteiger partial charge in [-0.25, -0.2) is 0 Å². The van der Waals surface area contributed by atoms with E-state index < -0.39 is 0 Å². The van der Waals surface area contributed by atoms with E-state index >= 15 is 0 Å². The molecule has 2 rings (SSSR count). The van der Waals surface area contributed by atoms with Crippen LogP contribution in [0.4, 0.5) is 5.69 Å². The van der Waals surface area contributed by atoms with Crippen molar-refractivity contribution in [3.05, 3.63) is 23.8 Å². The number of carbonyl (C=O) groups excluding carboxylic acids is 1. The number of ether oxygens (including phenoxy) is 2. The summed E-state index contributed by atoms with van der Waals surface area (Å²) in [6.45, 7) is 6.17. The molecule has 0 bridgehead atoms. The Hall–Kier alpha value is -1.75. The molecule has 1 unspecified atom stereocenters. The Balaban J connectivity index is 2.09. The maximum Gasteiger partial charge on any atom is 0.307 e. The monoisotopic (exact) mass is 278 g/mol. The smallest absolute Gasteiger partial charge is 0.307 e. The molecular weight excluding hydrogens is 256 g/mol. The van der Waals surface area contributed by atoms with Crippen molar-refractivity contribution >= 4 is 11.7 Å². The van der Waals surface area contributed by atoms with Gasteiger partial charge in [-0.3, -0.25) is 4.79 Å². The van der Waals surface area contributed by atoms with Crippen LogP contribution in [-0.4, -0.2) is 31.8 Å². The van der Waals surface area contributed by atoms with E-state index in [9.17, 15) is 4.79 Å². The maximum atomic E-state index is 11.5. The molecule has 1 aliphatic rings. The summed E-state index contributed by atoms with van der Waals surface area (Å²) in [7, 11) is 0. The third-order valence-electron chi connectivity index (χ3n) is 3.30. The lowest BCUT2D eigenvalue weighted by Crippen LogP contribution is -2.39. The van der Waals surface area contributed by atoms with Crippen molar-refractivity contribution in [1.82, 2.24) is 0 Å². The first-order valence-electron chi connectivity index (χ1n) is 7.04. The number of esters is 1. The number of nitrogens with two attached hydrogens (primary N) is 1. The minimum atomic E-state index is -0.160. The first-order chi connectivity index (χ1) is 9.63. The molecule has 0 amide bonds. The van der Waals surface area contributed by atoms with Crippen LogP contribution in [0.3, 0.4) is 0 Å². The SMILES string of the molecule is CCOC(=O)CCN1CC(C)Oc2cc(CN)ccc21. The van der Waals surface area contributed by atoms with Gasteiger partial charge in [-0.05, 0) is 31.5 Å². The zero-order valence-electron chi connectivity index (χ0n) is 12.1. The molecular formula is C15H22N2O3. The zero-order chi connectivity index (χ0) is 14.5. The standard InChI is InChI=1S/C15H22N2O3/c1-3-19-15(18)6-7-17-10-11(2)20-14-8-12(9-16)4-5-13(14)17/h4-5,8,11H,3,6-7,9-10,16H2,1-2H3. The van der Waals surface area contributed by atoms with E-state index in [1.807, 2.05) is 32.0 Å². The lowest BCUT2D eigenvalue weighted by molar-refractivity contribution is -0.142. The van der Waals surface area contributed by atoms with Crippen LogP contribution in [0, 0.1) is 0 Å². The third kappa shape index (κ3) is 3.42. The number of rotatable bonds is 5. The van der Waals surface area contributed by atoms with Crippen LogP contribution in [-0.2, 0) is 16.1 Å². The van der Waals surface area contributed by atoms with Crippen molar-refractivity contribution in [3.63, 3.8) is 0 Å². The molecule has 0 saturated carbocycles. The summed E-state index contributed by atoms with van der Waals surface area (Å²) in [4.78, 5) is 13.7. The molecule has 0 aliphatic carbocycles. The highest BCUT2D eigenvalue weighted by Crippen LogP contribution is 2.34. The predicted octanol–water partition coefficient (Wildman–Crippen LogP) is 1.69. The summed E-state index contributed by atoms with van der Waals surface area (Å²) in [5.74, 6) is 0.683. The quantitative estimate of drug-likeness (QED) is 0.830. The van der Waals surface area contributed by atoms with Gasteiger partial charge < -0.3 is 20.1 Å². The Bertz CT molecular complexity index is 476. The summed E-state index contributed by atoms with van der Waals surface area (Å²) in [5, 5.41) is 0. The average molecular weight is 278 g/mol. The molecule has 1 aromatic rings. The van der Waals surface area contributed by atoms with Crippen molar-refractivity contribution in [2.24, 2.45) is 5.73 Å². The number of hydrogen-bond donors (Lipinski definition) is 1. The van der Waals surface area contributed by atoms with Crippen molar-refractivity contribution in [3.8, 4) is 5.75 Å². The molecule has 1 aliphatic heterocycles. The molecule has 5 heteroatoms. The highest BCUT2D eigenvalue weighted by Gasteiger charge is 2.23. The molecule has 20 heavy (non-hydrogen) atoms. The first kappa shape index (κ1) is 14.7. The van der Waals surface area contributed by atoms with Gasteiger partial charge in [0.2, 0.25) is 0 Å². The van der Waals surface area contributed by atoms with E-state index in [1.54, 1.807) is 0 Å². The van der Waals surface area contributed by atoms with E-state index in [2.05, 4.69) is 4.90 Å². The topological polar surface area (TPSA) is 64.8 Å². The fraction of sp³-hybridized carbons (Fsp3) is 0.533. The lowest BCUT2D eigenvalue weighted by Gasteiger charge is -2.35. The molecule has 0 aromatic heterocycles. The molecule has 0 saturated heterocycles. The Morgan fingerprint density at radius 2 is 2.35 bits per heavy atom. The Labute approximate surface area is 119 Å². The molecule has 2 N–H and O–H groups in total. The van der Waals surface area contributed by atoms with Gasteiger partial charge in [-0.2, -0.15) is 0 Å². The molecule has 0 spiro atoms. The highest BCUT2D eigenvalue weighted by molar-refractivity contribution is 5.71. The van der Waals surface area contributed by atoms with Gasteiger partial charge in [0.05, 0.1) is 25.3 Å². The van der Waals surface area contributed by atoms with Gasteiger partial charge in [0.25, 0.3) is 0 Å². The summed E-state index contributed by atoms with van der Waals surface area (Å²) in [6.07, 6.45) is 0.483. The minimum absolute atomic E-state index is 0.0951. The van der Waals surface area contributed by atoms with Crippen molar-refractivity contribution < 1.29 is 14.3 Å². The van der Waals surface area contributed by atoms with Gasteiger partial charge >= 0.3 is 5.97 Å². The highest BCUT2D eigenvalue weighted by atomic mass is 16.5. The molecule has 5 nitrogen and oxygen atoms in total. The number of fused-ring (bicyclic) bond motifs is 1. The number of nitrogens with zero attached hydrogens (tertiary/aromatic N) is 1. The molecule has 1 heterocycles. The van der Waals surface area contributed by atoms with Crippen molar-refractivity contribution in [2.75, 3.05) is 24.6 Å². The number of hydrogen-bond acceptors (Lipinski definition) is 5. The Morgan fingerprint density at radius 3 is 3.05 bits per heavy atom. The van der Waals surface area contributed by atoms with Crippen molar-refractivity contribution in [1.29, 1.82) is 0 Å². The summed E-state index contributed by atoms with van der Waals surface area (Å²) in [5.41, 5.74) is 7.72. The second-order valence-corrected chi connectivity index (χ2v) is 4.94. The van der Waals surface area contributed by atoms with Crippen LogP contribution in [0.2, 0.25) is 0 Å². The van der Waals surface area contributed by atoms with Crippen LogP contribution in [0.15, 0.2) is 18.2 Å². The summed E-state index contributed by atoms with van der Waals surface area (Å²) < 4.78 is 10.8. The van der Waals surface area contributed by atoms with Crippen LogP contribution in [0.5, 0.6) is 5.75 Å². The van der Waals surface area contributed by atoms with E-state index in [0.29, 0.717) is 26.1 Å². The second-order valence-electron chi connectivity index (χ2n) is 4.94. The van der Waals surface area contributed by atoms with Gasteiger partial charge in [-0.15, -0.1) is 0 Å². The Morgan fingerprint density at radius 1 is 1.55 bits per heavy atom. The number of carbonyl (C=O) groups is 1. The minimum Gasteiger partial charge on any atom is -0.487 e. The van der Waals surface area contributed by atoms with E-state index in [-0.39, 0.29) is 12.1 Å². The fourth-order valence-corrected chi connectivity index (χ4v) is 2.38. The van der Waals surface area contributed by atoms with E-state index in [4.69, 9.17) is 15.2 Å². The second kappa shape index (κ2) is 6.61. The first-order valence-corrected chi connectivity index (χ1v) is 7.04. The Kier molecular flexibility index (Phi) is 4.84. The third-order valence-corrected chi connectivity index (χ3v) is 3.30. The predicted molar refractivity (Wildman–Crippen MR) is 77.9 cm³/mol. The normalized spacial score (nSPS) is 17.4. The zero-order valence-corrected chi connectivity index (χ0v) is 12.1. The summed E-state index contributed by atoms with van der Waals surface area (Å²) in [6, 6.07) is 5.98. The van der Waals surface area contributed by atoms with Crippen LogP contribution in [0.25, 0.3) is 0 Å². The summed E-state index contributed by atoms with van der Waals surface area (Å²) >= 11 is 0. The van der Waals surface area contributed by atoms with Crippen LogP contribution >= 0.6 is 0 Å². The molecule has 1 aromatic carbocycles. The lowest BCUT2D eigenvalue weighted by atomic mass is 10.1. The van der Waals surface area contributed by atoms with Gasteiger partial charge in [0, 0.05) is 13.1 Å². The molecule has 0 fully saturated rings. The molecule has 0 radical (unpaired) electrons. The van der Waals surface area contributed by atoms with Gasteiger partial charge in [0.1, 0.15) is 11.9 Å². The maximum absolute atomic E-state index is 11.5. The van der Waals surface area contributed by atoms with E-state index in [0.717, 1.165) is 23.5 Å². The van der Waals surface area contributed by atoms with Gasteiger partial charge in [0.15, 0.2) is 0 Å². The van der Waals surface area contributed by atoms with E-state index in [1.165, 1.54) is 0 Å². The van der Waals surface area contributed by atoms with Crippen molar-refractivity contribution in [2.45, 2.75) is 32.9 Å². The largest absolute Gasteiger partial charge is 0.487 e. The average Bonchev–Trinajstić information content (AvgIpc) is 2.44. The molecule has 1 atom stereocenters. The van der Waals surface area contributed by atoms with Crippen LogP contribution in [0.1, 0.15) is 25.8 Å². The fourth-order valence-electron chi connectivity index (χ4n) is 2.38. The number of benzene rings is 1. The van der Waals surface area contributed by atoms with Crippen LogP contribution < -0.4 is 15.4 Å². The number of anilines is 1. The van der Waals surface area contributed by atoms with Gasteiger partial charge in [-0.1, -0.05) is 6.07 Å². The molecule has 110 valence electrons.